The van der Waals surface area contributed by atoms with E-state index in [1.165, 1.54) is 51.5 Å². The van der Waals surface area contributed by atoms with E-state index in [0.29, 0.717) is 5.41 Å². The molecule has 96 valence electrons. The van der Waals surface area contributed by atoms with Gasteiger partial charge in [-0.25, -0.2) is 0 Å². The molecule has 0 unspecified atom stereocenters. The van der Waals surface area contributed by atoms with Gasteiger partial charge in [-0.2, -0.15) is 12.6 Å². The molecule has 0 radical (unpaired) electrons. The van der Waals surface area contributed by atoms with Crippen LogP contribution in [-0.4, -0.2) is 30.3 Å². The molecule has 0 aromatic carbocycles. The second kappa shape index (κ2) is 6.90. The maximum Gasteiger partial charge on any atom is 0.00926 e. The zero-order valence-corrected chi connectivity index (χ0v) is 12.2. The highest BCUT2D eigenvalue weighted by Crippen LogP contribution is 2.36. The van der Waals surface area contributed by atoms with Crippen molar-refractivity contribution in [1.29, 1.82) is 0 Å². The number of nitrogens with zero attached hydrogens (tertiary/aromatic N) is 1. The third-order valence-electron chi connectivity index (χ3n) is 4.10. The Balaban J connectivity index is 2.15. The quantitative estimate of drug-likeness (QED) is 0.545. The first-order valence-corrected chi connectivity index (χ1v) is 7.49. The molecule has 0 aromatic rings. The molecule has 1 nitrogen and oxygen atoms in total. The van der Waals surface area contributed by atoms with Crippen LogP contribution in [0.4, 0.5) is 0 Å². The van der Waals surface area contributed by atoms with Crippen LogP contribution >= 0.6 is 12.6 Å². The van der Waals surface area contributed by atoms with Crippen LogP contribution in [0, 0.1) is 5.41 Å². The standard InChI is InChI=1S/C14H29NS/c1-14(2)9-7-13(8-10-14)15(3)11-5-4-6-12-16/h13,16H,4-12H2,1-3H3. The number of hydrogen-bond donors (Lipinski definition) is 1. The van der Waals surface area contributed by atoms with Crippen LogP contribution in [0.1, 0.15) is 58.8 Å². The minimum atomic E-state index is 0.601. The lowest BCUT2D eigenvalue weighted by Crippen LogP contribution is -2.37. The van der Waals surface area contributed by atoms with E-state index >= 15 is 0 Å². The zero-order valence-electron chi connectivity index (χ0n) is 11.3. The molecular formula is C14H29NS. The summed E-state index contributed by atoms with van der Waals surface area (Å²) in [5, 5.41) is 0. The van der Waals surface area contributed by atoms with Crippen LogP contribution < -0.4 is 0 Å². The first-order valence-electron chi connectivity index (χ1n) is 6.86. The van der Waals surface area contributed by atoms with Crippen molar-refractivity contribution >= 4 is 12.6 Å². The monoisotopic (exact) mass is 243 g/mol. The Morgan fingerprint density at radius 3 is 2.31 bits per heavy atom. The fourth-order valence-electron chi connectivity index (χ4n) is 2.66. The third kappa shape index (κ3) is 5.09. The summed E-state index contributed by atoms with van der Waals surface area (Å²) in [5.74, 6) is 1.04. The van der Waals surface area contributed by atoms with Gasteiger partial charge in [0.2, 0.25) is 0 Å². The molecule has 0 heterocycles. The van der Waals surface area contributed by atoms with E-state index in [1.54, 1.807) is 0 Å². The van der Waals surface area contributed by atoms with E-state index in [0.717, 1.165) is 11.8 Å². The second-order valence-electron chi connectivity index (χ2n) is 6.16. The zero-order chi connectivity index (χ0) is 12.0. The van der Waals surface area contributed by atoms with E-state index < -0.39 is 0 Å². The van der Waals surface area contributed by atoms with Gasteiger partial charge in [0.1, 0.15) is 0 Å². The Morgan fingerprint density at radius 2 is 1.75 bits per heavy atom. The number of hydrogen-bond acceptors (Lipinski definition) is 2. The van der Waals surface area contributed by atoms with E-state index in [1.807, 2.05) is 0 Å². The minimum absolute atomic E-state index is 0.601. The predicted molar refractivity (Wildman–Crippen MR) is 76.4 cm³/mol. The van der Waals surface area contributed by atoms with E-state index in [-0.39, 0.29) is 0 Å². The Morgan fingerprint density at radius 1 is 1.12 bits per heavy atom. The highest BCUT2D eigenvalue weighted by Gasteiger charge is 2.28. The summed E-state index contributed by atoms with van der Waals surface area (Å²) in [5.41, 5.74) is 0.601. The van der Waals surface area contributed by atoms with Gasteiger partial charge in [0, 0.05) is 6.04 Å². The predicted octanol–water partition coefficient (Wildman–Crippen LogP) is 3.99. The SMILES string of the molecule is CN(CCCCCS)C1CCC(C)(C)CC1. The van der Waals surface area contributed by atoms with E-state index in [4.69, 9.17) is 0 Å². The molecule has 0 spiro atoms. The van der Waals surface area contributed by atoms with Crippen molar-refractivity contribution in [2.24, 2.45) is 5.41 Å². The maximum absolute atomic E-state index is 4.25. The summed E-state index contributed by atoms with van der Waals surface area (Å²) in [6.45, 7) is 6.10. The van der Waals surface area contributed by atoms with Crippen molar-refractivity contribution in [2.45, 2.75) is 64.8 Å². The Bertz CT molecular complexity index is 181. The van der Waals surface area contributed by atoms with Gasteiger partial charge in [-0.15, -0.1) is 0 Å². The van der Waals surface area contributed by atoms with Crippen LogP contribution in [0.15, 0.2) is 0 Å². The molecule has 0 saturated heterocycles. The summed E-state index contributed by atoms with van der Waals surface area (Å²) in [6, 6.07) is 0.851. The smallest absolute Gasteiger partial charge is 0.00926 e. The van der Waals surface area contributed by atoms with Crippen molar-refractivity contribution in [3.05, 3.63) is 0 Å². The summed E-state index contributed by atoms with van der Waals surface area (Å²) in [4.78, 5) is 2.59. The van der Waals surface area contributed by atoms with Crippen LogP contribution in [0.2, 0.25) is 0 Å². The Labute approximate surface area is 107 Å². The van der Waals surface area contributed by atoms with Crippen molar-refractivity contribution in [3.63, 3.8) is 0 Å². The van der Waals surface area contributed by atoms with Crippen LogP contribution in [0.3, 0.4) is 0 Å². The van der Waals surface area contributed by atoms with E-state index in [2.05, 4.69) is 38.4 Å². The molecule has 0 bridgehead atoms. The fraction of sp³-hybridized carbons (Fsp3) is 1.00. The minimum Gasteiger partial charge on any atom is -0.303 e. The van der Waals surface area contributed by atoms with Gasteiger partial charge < -0.3 is 4.90 Å². The molecule has 0 N–H and O–H groups in total. The van der Waals surface area contributed by atoms with Gasteiger partial charge in [0.05, 0.1) is 0 Å². The van der Waals surface area contributed by atoms with Crippen molar-refractivity contribution in [1.82, 2.24) is 4.90 Å². The van der Waals surface area contributed by atoms with Gasteiger partial charge >= 0.3 is 0 Å². The van der Waals surface area contributed by atoms with Crippen molar-refractivity contribution in [3.8, 4) is 0 Å². The molecule has 1 saturated carbocycles. The fourth-order valence-corrected chi connectivity index (χ4v) is 2.88. The molecule has 0 aliphatic heterocycles. The van der Waals surface area contributed by atoms with Gasteiger partial charge in [-0.1, -0.05) is 20.3 Å². The number of unbranched alkanes of at least 4 members (excludes halogenated alkanes) is 2. The van der Waals surface area contributed by atoms with Crippen LogP contribution in [0.5, 0.6) is 0 Å². The Hall–Kier alpha value is 0.310. The summed E-state index contributed by atoms with van der Waals surface area (Å²) < 4.78 is 0. The molecule has 2 heteroatoms. The molecule has 1 fully saturated rings. The van der Waals surface area contributed by atoms with Gasteiger partial charge in [-0.3, -0.25) is 0 Å². The topological polar surface area (TPSA) is 3.24 Å². The summed E-state index contributed by atoms with van der Waals surface area (Å²) >= 11 is 4.25. The Kier molecular flexibility index (Phi) is 6.20. The molecule has 1 aliphatic rings. The molecule has 0 aromatic heterocycles. The van der Waals surface area contributed by atoms with Crippen LogP contribution in [0.25, 0.3) is 0 Å². The number of thiol groups is 1. The second-order valence-corrected chi connectivity index (χ2v) is 6.61. The highest BCUT2D eigenvalue weighted by molar-refractivity contribution is 7.80. The lowest BCUT2D eigenvalue weighted by Gasteiger charge is -2.38. The van der Waals surface area contributed by atoms with E-state index in [9.17, 15) is 0 Å². The first-order chi connectivity index (χ1) is 7.55. The highest BCUT2D eigenvalue weighted by atomic mass is 32.1. The molecule has 1 rings (SSSR count). The van der Waals surface area contributed by atoms with Crippen molar-refractivity contribution in [2.75, 3.05) is 19.3 Å². The van der Waals surface area contributed by atoms with Crippen molar-refractivity contribution < 1.29 is 0 Å². The average molecular weight is 243 g/mol. The lowest BCUT2D eigenvalue weighted by atomic mass is 9.75. The lowest BCUT2D eigenvalue weighted by molar-refractivity contribution is 0.126. The van der Waals surface area contributed by atoms with Crippen LogP contribution in [-0.2, 0) is 0 Å². The maximum atomic E-state index is 4.25. The molecular weight excluding hydrogens is 214 g/mol. The molecule has 0 amide bonds. The largest absolute Gasteiger partial charge is 0.303 e. The van der Waals surface area contributed by atoms with Gasteiger partial charge in [0.25, 0.3) is 0 Å². The average Bonchev–Trinajstić information content (AvgIpc) is 2.24. The number of rotatable bonds is 6. The van der Waals surface area contributed by atoms with Gasteiger partial charge in [-0.05, 0) is 63.3 Å². The molecule has 16 heavy (non-hydrogen) atoms. The summed E-state index contributed by atoms with van der Waals surface area (Å²) in [7, 11) is 2.31. The third-order valence-corrected chi connectivity index (χ3v) is 4.42. The normalized spacial score (nSPS) is 21.6. The molecule has 1 aliphatic carbocycles. The van der Waals surface area contributed by atoms with Gasteiger partial charge in [0.15, 0.2) is 0 Å². The molecule has 0 atom stereocenters. The summed E-state index contributed by atoms with van der Waals surface area (Å²) in [6.07, 6.45) is 9.56. The first kappa shape index (κ1) is 14.4.